The van der Waals surface area contributed by atoms with Crippen LogP contribution in [0.1, 0.15) is 52.7 Å². The summed E-state index contributed by atoms with van der Waals surface area (Å²) in [7, 11) is 0. The first-order valence-corrected chi connectivity index (χ1v) is 10.5. The van der Waals surface area contributed by atoms with Crippen molar-refractivity contribution in [3.05, 3.63) is 64.7 Å². The predicted octanol–water partition coefficient (Wildman–Crippen LogP) is 2.14. The number of ketones is 1. The number of amides is 1. The van der Waals surface area contributed by atoms with Gasteiger partial charge in [-0.05, 0) is 50.8 Å². The van der Waals surface area contributed by atoms with Gasteiger partial charge in [0.05, 0.1) is 25.2 Å². The summed E-state index contributed by atoms with van der Waals surface area (Å²) in [5.74, 6) is -0.584. The van der Waals surface area contributed by atoms with Crippen LogP contribution in [0.25, 0.3) is 0 Å². The Morgan fingerprint density at radius 1 is 1.10 bits per heavy atom. The molecule has 2 heterocycles. The smallest absolute Gasteiger partial charge is 0.268 e. The van der Waals surface area contributed by atoms with E-state index in [1.807, 2.05) is 50.2 Å². The second-order valence-corrected chi connectivity index (χ2v) is 8.50. The Bertz CT molecular complexity index is 949. The lowest BCUT2D eigenvalue weighted by molar-refractivity contribution is -0.903. The van der Waals surface area contributed by atoms with Crippen molar-refractivity contribution < 1.29 is 19.6 Å². The number of quaternary nitrogens is 1. The third-order valence-corrected chi connectivity index (χ3v) is 6.29. The van der Waals surface area contributed by atoms with E-state index >= 15 is 0 Å². The molecule has 29 heavy (non-hydrogen) atoms. The van der Waals surface area contributed by atoms with Crippen LogP contribution in [0.5, 0.6) is 0 Å². The van der Waals surface area contributed by atoms with Gasteiger partial charge in [0.25, 0.3) is 5.91 Å². The van der Waals surface area contributed by atoms with Gasteiger partial charge in [0, 0.05) is 11.1 Å². The van der Waals surface area contributed by atoms with Gasteiger partial charge in [-0.1, -0.05) is 35.9 Å². The number of benzene rings is 2. The number of piperidine rings is 1. The summed E-state index contributed by atoms with van der Waals surface area (Å²) >= 11 is 0. The topological polar surface area (TPSA) is 62.0 Å². The van der Waals surface area contributed by atoms with Gasteiger partial charge >= 0.3 is 0 Å². The quantitative estimate of drug-likeness (QED) is 0.765. The number of aryl methyl sites for hydroxylation is 2. The lowest BCUT2D eigenvalue weighted by atomic mass is 9.87. The number of nitrogens with zero attached hydrogens (tertiary/aromatic N) is 1. The fourth-order valence-electron chi connectivity index (χ4n) is 4.63. The summed E-state index contributed by atoms with van der Waals surface area (Å²) in [5, 5.41) is 11.5. The minimum absolute atomic E-state index is 0.205. The second-order valence-electron chi connectivity index (χ2n) is 8.50. The number of hydrogen-bond donors (Lipinski definition) is 2. The van der Waals surface area contributed by atoms with Crippen LogP contribution in [-0.2, 0) is 10.4 Å². The molecule has 0 radical (unpaired) electrons. The Kier molecular flexibility index (Phi) is 5.28. The largest absolute Gasteiger partial charge is 0.375 e. The summed E-state index contributed by atoms with van der Waals surface area (Å²) < 4.78 is 0. The summed E-state index contributed by atoms with van der Waals surface area (Å²) in [5.41, 5.74) is 1.88. The van der Waals surface area contributed by atoms with Gasteiger partial charge < -0.3 is 10.0 Å². The Morgan fingerprint density at radius 2 is 1.83 bits per heavy atom. The van der Waals surface area contributed by atoms with Crippen LogP contribution < -0.4 is 9.80 Å². The maximum atomic E-state index is 13.4. The molecule has 0 unspecified atom stereocenters. The number of likely N-dealkylation sites (tertiary alicyclic amines) is 1. The first-order valence-electron chi connectivity index (χ1n) is 10.5. The third kappa shape index (κ3) is 3.61. The van der Waals surface area contributed by atoms with Gasteiger partial charge in [-0.2, -0.15) is 0 Å². The molecule has 5 heteroatoms. The van der Waals surface area contributed by atoms with Crippen molar-refractivity contribution in [2.75, 3.05) is 24.7 Å². The van der Waals surface area contributed by atoms with Gasteiger partial charge in [0.15, 0.2) is 18.1 Å². The summed E-state index contributed by atoms with van der Waals surface area (Å²) in [4.78, 5) is 29.5. The molecule has 0 aliphatic carbocycles. The molecule has 0 aromatic heterocycles. The minimum atomic E-state index is -1.81. The van der Waals surface area contributed by atoms with E-state index in [-0.39, 0.29) is 18.1 Å². The van der Waals surface area contributed by atoms with Crippen LogP contribution in [0, 0.1) is 13.8 Å². The van der Waals surface area contributed by atoms with E-state index < -0.39 is 5.60 Å². The number of rotatable bonds is 5. The fraction of sp³-hybridized carbons (Fsp3) is 0.417. The molecule has 4 rings (SSSR count). The van der Waals surface area contributed by atoms with Crippen LogP contribution in [0.4, 0.5) is 5.69 Å². The Morgan fingerprint density at radius 3 is 2.59 bits per heavy atom. The van der Waals surface area contributed by atoms with Crippen molar-refractivity contribution in [3.8, 4) is 0 Å². The number of fused-ring (bicyclic) bond motifs is 1. The normalized spacial score (nSPS) is 22.0. The molecule has 1 saturated heterocycles. The van der Waals surface area contributed by atoms with E-state index in [4.69, 9.17) is 0 Å². The number of hydrogen-bond acceptors (Lipinski definition) is 3. The standard InChI is InChI=1S/C24H28N2O3/c1-17-10-11-18(2)19(14-17)22(27)15-24(29)20-8-4-5-9-21(20)26(23(24)28)16-25-12-6-3-7-13-25/h4-5,8-11,14,29H,3,6-7,12-13,15-16H2,1-2H3/p+1/t24-/m1/s1. The molecule has 0 spiro atoms. The Labute approximate surface area is 171 Å². The van der Waals surface area contributed by atoms with Crippen LogP contribution in [-0.4, -0.2) is 36.6 Å². The van der Waals surface area contributed by atoms with Crippen LogP contribution in [0.15, 0.2) is 42.5 Å². The highest BCUT2D eigenvalue weighted by atomic mass is 16.3. The number of carbonyl (C=O) groups excluding carboxylic acids is 2. The van der Waals surface area contributed by atoms with Crippen molar-refractivity contribution in [1.82, 2.24) is 0 Å². The highest BCUT2D eigenvalue weighted by Gasteiger charge is 2.51. The predicted molar refractivity (Wildman–Crippen MR) is 112 cm³/mol. The SMILES string of the molecule is Cc1ccc(C)c(C(=O)C[C@]2(O)C(=O)N(C[NH+]3CCCCC3)c3ccccc32)c1. The molecule has 1 amide bonds. The fourth-order valence-corrected chi connectivity index (χ4v) is 4.63. The average Bonchev–Trinajstić information content (AvgIpc) is 2.92. The number of aliphatic hydroxyl groups is 1. The number of carbonyl (C=O) groups is 2. The van der Waals surface area contributed by atoms with Gasteiger partial charge in [-0.25, -0.2) is 0 Å². The maximum Gasteiger partial charge on any atom is 0.268 e. The molecule has 0 bridgehead atoms. The van der Waals surface area contributed by atoms with E-state index in [0.717, 1.165) is 42.7 Å². The van der Waals surface area contributed by atoms with Crippen molar-refractivity contribution in [2.24, 2.45) is 0 Å². The molecule has 2 N–H and O–H groups in total. The molecular formula is C24H29N2O3+. The molecule has 0 saturated carbocycles. The van der Waals surface area contributed by atoms with Gasteiger partial charge in [0.2, 0.25) is 0 Å². The summed E-state index contributed by atoms with van der Waals surface area (Å²) in [6.45, 7) is 6.42. The molecule has 5 nitrogen and oxygen atoms in total. The second kappa shape index (κ2) is 7.73. The molecule has 2 aromatic rings. The number of Topliss-reactive ketones (excluding diaryl/α,β-unsaturated/α-hetero) is 1. The lowest BCUT2D eigenvalue weighted by Crippen LogP contribution is -3.14. The van der Waals surface area contributed by atoms with E-state index in [1.54, 1.807) is 11.0 Å². The van der Waals surface area contributed by atoms with Crippen molar-refractivity contribution in [1.29, 1.82) is 0 Å². The molecule has 2 aliphatic rings. The molecular weight excluding hydrogens is 364 g/mol. The zero-order valence-electron chi connectivity index (χ0n) is 17.2. The third-order valence-electron chi connectivity index (χ3n) is 6.29. The summed E-state index contributed by atoms with van der Waals surface area (Å²) in [6, 6.07) is 13.0. The van der Waals surface area contributed by atoms with Crippen molar-refractivity contribution >= 4 is 17.4 Å². The number of anilines is 1. The molecule has 2 aliphatic heterocycles. The lowest BCUT2D eigenvalue weighted by Gasteiger charge is -2.29. The van der Waals surface area contributed by atoms with Gasteiger partial charge in [0.1, 0.15) is 0 Å². The monoisotopic (exact) mass is 393 g/mol. The van der Waals surface area contributed by atoms with Crippen LogP contribution in [0.2, 0.25) is 0 Å². The first kappa shape index (κ1) is 19.8. The summed E-state index contributed by atoms with van der Waals surface area (Å²) in [6.07, 6.45) is 3.32. The molecule has 1 atom stereocenters. The van der Waals surface area contributed by atoms with Crippen molar-refractivity contribution in [2.45, 2.75) is 45.1 Å². The number of nitrogens with one attached hydrogen (secondary N) is 1. The number of para-hydroxylation sites is 1. The highest BCUT2D eigenvalue weighted by Crippen LogP contribution is 2.42. The van der Waals surface area contributed by atoms with E-state index in [1.165, 1.54) is 11.3 Å². The highest BCUT2D eigenvalue weighted by molar-refractivity contribution is 6.10. The molecule has 152 valence electrons. The first-order chi connectivity index (χ1) is 13.9. The Balaban J connectivity index is 1.64. The van der Waals surface area contributed by atoms with Crippen LogP contribution >= 0.6 is 0 Å². The van der Waals surface area contributed by atoms with Crippen LogP contribution in [0.3, 0.4) is 0 Å². The van der Waals surface area contributed by atoms with E-state index in [2.05, 4.69) is 0 Å². The zero-order valence-corrected chi connectivity index (χ0v) is 17.2. The minimum Gasteiger partial charge on any atom is -0.375 e. The zero-order chi connectivity index (χ0) is 20.6. The van der Waals surface area contributed by atoms with E-state index in [9.17, 15) is 14.7 Å². The van der Waals surface area contributed by atoms with Gasteiger partial charge in [-0.15, -0.1) is 0 Å². The maximum absolute atomic E-state index is 13.4. The van der Waals surface area contributed by atoms with Crippen molar-refractivity contribution in [3.63, 3.8) is 0 Å². The molecule has 1 fully saturated rings. The molecule has 2 aromatic carbocycles. The Hall–Kier alpha value is -2.50. The van der Waals surface area contributed by atoms with E-state index in [0.29, 0.717) is 17.8 Å². The average molecular weight is 394 g/mol. The van der Waals surface area contributed by atoms with Gasteiger partial charge in [-0.3, -0.25) is 14.5 Å².